The highest BCUT2D eigenvalue weighted by molar-refractivity contribution is 5.38. The van der Waals surface area contributed by atoms with Crippen molar-refractivity contribution in [2.45, 2.75) is 47.0 Å². The van der Waals surface area contributed by atoms with Crippen LogP contribution in [0.5, 0.6) is 0 Å². The first-order valence-corrected chi connectivity index (χ1v) is 5.16. The maximum absolute atomic E-state index is 2.33. The summed E-state index contributed by atoms with van der Waals surface area (Å²) in [6.07, 6.45) is 1.15. The molecule has 0 amide bonds. The van der Waals surface area contributed by atoms with Crippen LogP contribution in [0.2, 0.25) is 0 Å². The summed E-state index contributed by atoms with van der Waals surface area (Å²) in [5, 5.41) is 0. The maximum atomic E-state index is 2.33. The fraction of sp³-hybridized carbons (Fsp3) is 0.538. The third kappa shape index (κ3) is 2.12. The van der Waals surface area contributed by atoms with Crippen LogP contribution in [0.4, 0.5) is 0 Å². The van der Waals surface area contributed by atoms with Crippen molar-refractivity contribution in [3.8, 4) is 0 Å². The predicted octanol–water partition coefficient (Wildman–Crippen LogP) is 3.99. The Kier molecular flexibility index (Phi) is 3.13. The van der Waals surface area contributed by atoms with Crippen molar-refractivity contribution in [3.63, 3.8) is 0 Å². The summed E-state index contributed by atoms with van der Waals surface area (Å²) in [4.78, 5) is 0. The molecule has 1 rings (SSSR count). The molecule has 1 aromatic carbocycles. The van der Waals surface area contributed by atoms with Crippen molar-refractivity contribution < 1.29 is 0 Å². The lowest BCUT2D eigenvalue weighted by molar-refractivity contribution is 0.859. The molecule has 0 aliphatic rings. The van der Waals surface area contributed by atoms with Crippen LogP contribution in [0.3, 0.4) is 0 Å². The molecule has 0 spiro atoms. The smallest absolute Gasteiger partial charge is 0.0219 e. The molecule has 0 heterocycles. The largest absolute Gasteiger partial charge is 0.0613 e. The van der Waals surface area contributed by atoms with Gasteiger partial charge in [0, 0.05) is 0 Å². The van der Waals surface area contributed by atoms with Gasteiger partial charge in [-0.05, 0) is 48.4 Å². The van der Waals surface area contributed by atoms with E-state index in [0.29, 0.717) is 5.92 Å². The second-order valence-electron chi connectivity index (χ2n) is 4.14. The van der Waals surface area contributed by atoms with Gasteiger partial charge in [0.1, 0.15) is 0 Å². The van der Waals surface area contributed by atoms with E-state index in [9.17, 15) is 0 Å². The lowest BCUT2D eigenvalue weighted by Crippen LogP contribution is -1.96. The Morgan fingerprint density at radius 2 is 1.54 bits per heavy atom. The molecule has 72 valence electrons. The highest BCUT2D eigenvalue weighted by atomic mass is 14.1. The van der Waals surface area contributed by atoms with E-state index in [1.165, 1.54) is 22.3 Å². The van der Waals surface area contributed by atoms with Crippen LogP contribution in [-0.2, 0) is 6.42 Å². The van der Waals surface area contributed by atoms with Crippen LogP contribution in [-0.4, -0.2) is 0 Å². The van der Waals surface area contributed by atoms with E-state index in [2.05, 4.69) is 46.8 Å². The van der Waals surface area contributed by atoms with Gasteiger partial charge in [-0.25, -0.2) is 0 Å². The van der Waals surface area contributed by atoms with E-state index in [0.717, 1.165) is 6.42 Å². The maximum Gasteiger partial charge on any atom is -0.0219 e. The first-order valence-electron chi connectivity index (χ1n) is 5.16. The van der Waals surface area contributed by atoms with E-state index in [1.54, 1.807) is 0 Å². The third-order valence-corrected chi connectivity index (χ3v) is 2.74. The van der Waals surface area contributed by atoms with Gasteiger partial charge in [-0.3, -0.25) is 0 Å². The molecule has 0 aliphatic heterocycles. The zero-order valence-corrected chi connectivity index (χ0v) is 9.44. The number of benzene rings is 1. The molecular weight excluding hydrogens is 156 g/mol. The first kappa shape index (κ1) is 10.3. The van der Waals surface area contributed by atoms with Crippen molar-refractivity contribution in [2.24, 2.45) is 0 Å². The minimum atomic E-state index is 0.642. The molecule has 0 bridgehead atoms. The zero-order chi connectivity index (χ0) is 10.0. The van der Waals surface area contributed by atoms with Gasteiger partial charge in [0.05, 0.1) is 0 Å². The topological polar surface area (TPSA) is 0 Å². The number of rotatable bonds is 2. The summed E-state index contributed by atoms with van der Waals surface area (Å²) in [5.41, 5.74) is 5.88. The minimum absolute atomic E-state index is 0.642. The molecule has 0 heteroatoms. The van der Waals surface area contributed by atoms with E-state index in [1.807, 2.05) is 0 Å². The molecular formula is C13H20. The summed E-state index contributed by atoms with van der Waals surface area (Å²) >= 11 is 0. The fourth-order valence-electron chi connectivity index (χ4n) is 1.92. The van der Waals surface area contributed by atoms with Gasteiger partial charge in [-0.15, -0.1) is 0 Å². The fourth-order valence-corrected chi connectivity index (χ4v) is 1.92. The lowest BCUT2D eigenvalue weighted by atomic mass is 9.93. The van der Waals surface area contributed by atoms with E-state index < -0.39 is 0 Å². The molecule has 0 unspecified atom stereocenters. The Hall–Kier alpha value is -0.780. The van der Waals surface area contributed by atoms with Gasteiger partial charge < -0.3 is 0 Å². The van der Waals surface area contributed by atoms with Gasteiger partial charge in [-0.2, -0.15) is 0 Å². The van der Waals surface area contributed by atoms with E-state index in [4.69, 9.17) is 0 Å². The van der Waals surface area contributed by atoms with Gasteiger partial charge in [0.2, 0.25) is 0 Å². The van der Waals surface area contributed by atoms with Gasteiger partial charge >= 0.3 is 0 Å². The van der Waals surface area contributed by atoms with Gasteiger partial charge in [-0.1, -0.05) is 32.9 Å². The van der Waals surface area contributed by atoms with Crippen LogP contribution in [0.25, 0.3) is 0 Å². The summed E-state index contributed by atoms with van der Waals surface area (Å²) < 4.78 is 0. The summed E-state index contributed by atoms with van der Waals surface area (Å²) in [6.45, 7) is 11.2. The Morgan fingerprint density at radius 1 is 1.08 bits per heavy atom. The van der Waals surface area contributed by atoms with Crippen LogP contribution < -0.4 is 0 Å². The SMILES string of the molecule is CCc1c(C)cc(C(C)C)cc1C. The van der Waals surface area contributed by atoms with Gasteiger partial charge in [0.15, 0.2) is 0 Å². The monoisotopic (exact) mass is 176 g/mol. The van der Waals surface area contributed by atoms with Crippen LogP contribution >= 0.6 is 0 Å². The highest BCUT2D eigenvalue weighted by Gasteiger charge is 2.05. The standard InChI is InChI=1S/C13H20/c1-6-13-10(4)7-12(9(2)3)8-11(13)5/h7-9H,6H2,1-5H3. The van der Waals surface area contributed by atoms with Crippen molar-refractivity contribution in [2.75, 3.05) is 0 Å². The third-order valence-electron chi connectivity index (χ3n) is 2.74. The van der Waals surface area contributed by atoms with Crippen LogP contribution in [0.15, 0.2) is 12.1 Å². The van der Waals surface area contributed by atoms with E-state index >= 15 is 0 Å². The van der Waals surface area contributed by atoms with Crippen LogP contribution in [0.1, 0.15) is 48.9 Å². The molecule has 0 atom stereocenters. The molecule has 13 heavy (non-hydrogen) atoms. The van der Waals surface area contributed by atoms with Crippen molar-refractivity contribution in [1.82, 2.24) is 0 Å². The molecule has 0 N–H and O–H groups in total. The average Bonchev–Trinajstić information content (AvgIpc) is 2.03. The summed E-state index contributed by atoms with van der Waals surface area (Å²) in [7, 11) is 0. The lowest BCUT2D eigenvalue weighted by Gasteiger charge is -2.13. The number of aryl methyl sites for hydroxylation is 2. The molecule has 0 saturated carbocycles. The molecule has 0 nitrogen and oxygen atoms in total. The Balaban J connectivity index is 3.20. The first-order chi connectivity index (χ1) is 6.06. The molecule has 1 aromatic rings. The summed E-state index contributed by atoms with van der Waals surface area (Å²) in [5.74, 6) is 0.642. The second kappa shape index (κ2) is 3.95. The summed E-state index contributed by atoms with van der Waals surface area (Å²) in [6, 6.07) is 4.66. The number of hydrogen-bond acceptors (Lipinski definition) is 0. The highest BCUT2D eigenvalue weighted by Crippen LogP contribution is 2.22. The normalized spacial score (nSPS) is 10.9. The molecule has 0 saturated heterocycles. The second-order valence-corrected chi connectivity index (χ2v) is 4.14. The predicted molar refractivity (Wildman–Crippen MR) is 59.4 cm³/mol. The minimum Gasteiger partial charge on any atom is -0.0613 e. The Labute approximate surface area is 82.0 Å². The Bertz CT molecular complexity index is 272. The van der Waals surface area contributed by atoms with Crippen LogP contribution in [0, 0.1) is 13.8 Å². The van der Waals surface area contributed by atoms with Crippen molar-refractivity contribution in [1.29, 1.82) is 0 Å². The zero-order valence-electron chi connectivity index (χ0n) is 9.44. The molecule has 0 radical (unpaired) electrons. The van der Waals surface area contributed by atoms with E-state index in [-0.39, 0.29) is 0 Å². The molecule has 0 aliphatic carbocycles. The average molecular weight is 176 g/mol. The number of hydrogen-bond donors (Lipinski definition) is 0. The Morgan fingerprint density at radius 3 is 1.85 bits per heavy atom. The quantitative estimate of drug-likeness (QED) is 0.639. The van der Waals surface area contributed by atoms with Crippen molar-refractivity contribution >= 4 is 0 Å². The van der Waals surface area contributed by atoms with Crippen molar-refractivity contribution in [3.05, 3.63) is 34.4 Å². The molecule has 0 aromatic heterocycles. The van der Waals surface area contributed by atoms with Gasteiger partial charge in [0.25, 0.3) is 0 Å². The molecule has 0 fully saturated rings.